The Morgan fingerprint density at radius 2 is 2.26 bits per heavy atom. The van der Waals surface area contributed by atoms with E-state index in [1.807, 2.05) is 0 Å². The standard InChI is InChI=1S/C11H9ClN4O3/c1-7(15-6-13-11(14-15)16(18)19)10(17)8-3-2-4-9(12)5-8/h2-7H,1H3. The number of hydrogen-bond acceptors (Lipinski definition) is 5. The molecule has 1 aromatic carbocycles. The zero-order valence-electron chi connectivity index (χ0n) is 9.86. The fraction of sp³-hybridized carbons (Fsp3) is 0.182. The average molecular weight is 281 g/mol. The summed E-state index contributed by atoms with van der Waals surface area (Å²) < 4.78 is 1.15. The molecule has 0 aliphatic rings. The average Bonchev–Trinajstić information content (AvgIpc) is 2.86. The number of Topliss-reactive ketones (excluding diaryl/α,β-unsaturated/α-hetero) is 1. The van der Waals surface area contributed by atoms with E-state index < -0.39 is 16.9 Å². The molecule has 0 saturated carbocycles. The Labute approximate surface area is 113 Å². The number of carbonyl (C=O) groups is 1. The van der Waals surface area contributed by atoms with E-state index >= 15 is 0 Å². The highest BCUT2D eigenvalue weighted by Crippen LogP contribution is 2.17. The van der Waals surface area contributed by atoms with Gasteiger partial charge >= 0.3 is 5.95 Å². The van der Waals surface area contributed by atoms with Gasteiger partial charge in [-0.15, -0.1) is 0 Å². The first kappa shape index (κ1) is 13.2. The summed E-state index contributed by atoms with van der Waals surface area (Å²) in [5, 5.41) is 14.6. The predicted molar refractivity (Wildman–Crippen MR) is 67.2 cm³/mol. The molecule has 0 spiro atoms. The molecule has 1 unspecified atom stereocenters. The van der Waals surface area contributed by atoms with Crippen molar-refractivity contribution in [3.05, 3.63) is 51.3 Å². The van der Waals surface area contributed by atoms with Crippen LogP contribution < -0.4 is 0 Å². The Morgan fingerprint density at radius 1 is 1.53 bits per heavy atom. The van der Waals surface area contributed by atoms with Gasteiger partial charge in [0, 0.05) is 15.7 Å². The number of nitrogens with zero attached hydrogens (tertiary/aromatic N) is 4. The summed E-state index contributed by atoms with van der Waals surface area (Å²) in [4.78, 5) is 25.4. The van der Waals surface area contributed by atoms with Crippen molar-refractivity contribution in [1.82, 2.24) is 14.8 Å². The molecule has 0 aliphatic heterocycles. The topological polar surface area (TPSA) is 90.9 Å². The molecule has 1 aromatic heterocycles. The summed E-state index contributed by atoms with van der Waals surface area (Å²) in [5.41, 5.74) is 0.415. The minimum atomic E-state index is -0.715. The molecule has 0 saturated heterocycles. The summed E-state index contributed by atoms with van der Waals surface area (Å²) in [6, 6.07) is 5.77. The van der Waals surface area contributed by atoms with E-state index in [0.29, 0.717) is 10.6 Å². The minimum absolute atomic E-state index is 0.248. The van der Waals surface area contributed by atoms with Crippen LogP contribution in [0, 0.1) is 10.1 Å². The third-order valence-electron chi connectivity index (χ3n) is 2.55. The molecule has 0 bridgehead atoms. The Morgan fingerprint density at radius 3 is 2.84 bits per heavy atom. The SMILES string of the molecule is CC(C(=O)c1cccc(Cl)c1)n1cnc([N+](=O)[O-])n1. The number of benzene rings is 1. The van der Waals surface area contributed by atoms with E-state index in [1.54, 1.807) is 25.1 Å². The van der Waals surface area contributed by atoms with Crippen molar-refractivity contribution in [3.63, 3.8) is 0 Å². The monoisotopic (exact) mass is 280 g/mol. The lowest BCUT2D eigenvalue weighted by Gasteiger charge is -2.07. The van der Waals surface area contributed by atoms with Crippen LogP contribution in [0.25, 0.3) is 0 Å². The van der Waals surface area contributed by atoms with Gasteiger partial charge in [0.2, 0.25) is 6.33 Å². The Balaban J connectivity index is 2.25. The number of halogens is 1. The normalized spacial score (nSPS) is 12.1. The molecule has 0 amide bonds. The zero-order valence-corrected chi connectivity index (χ0v) is 10.6. The van der Waals surface area contributed by atoms with Gasteiger partial charge < -0.3 is 10.1 Å². The summed E-state index contributed by atoms with van der Waals surface area (Å²) in [6.07, 6.45) is 1.16. The maximum atomic E-state index is 12.2. The highest BCUT2D eigenvalue weighted by molar-refractivity contribution is 6.31. The Hall–Kier alpha value is -2.28. The van der Waals surface area contributed by atoms with Gasteiger partial charge in [0.25, 0.3) is 0 Å². The maximum Gasteiger partial charge on any atom is 0.490 e. The van der Waals surface area contributed by atoms with Gasteiger partial charge in [-0.1, -0.05) is 28.7 Å². The Bertz CT molecular complexity index is 640. The van der Waals surface area contributed by atoms with Crippen molar-refractivity contribution in [3.8, 4) is 0 Å². The molecule has 1 heterocycles. The number of nitro groups is 1. The van der Waals surface area contributed by atoms with Crippen molar-refractivity contribution >= 4 is 23.3 Å². The van der Waals surface area contributed by atoms with Gasteiger partial charge in [-0.3, -0.25) is 4.79 Å². The van der Waals surface area contributed by atoms with Crippen LogP contribution in [0.1, 0.15) is 23.3 Å². The number of hydrogen-bond donors (Lipinski definition) is 0. The lowest BCUT2D eigenvalue weighted by molar-refractivity contribution is -0.394. The lowest BCUT2D eigenvalue weighted by atomic mass is 10.1. The van der Waals surface area contributed by atoms with Crippen molar-refractivity contribution in [2.75, 3.05) is 0 Å². The van der Waals surface area contributed by atoms with Crippen LogP contribution in [0.5, 0.6) is 0 Å². The molecule has 2 aromatic rings. The first-order chi connectivity index (χ1) is 8.99. The molecule has 98 valence electrons. The van der Waals surface area contributed by atoms with E-state index in [-0.39, 0.29) is 5.78 Å². The van der Waals surface area contributed by atoms with Gasteiger partial charge in [-0.2, -0.15) is 4.68 Å². The Kier molecular flexibility index (Phi) is 3.57. The van der Waals surface area contributed by atoms with Crippen LogP contribution in [0.2, 0.25) is 5.02 Å². The minimum Gasteiger partial charge on any atom is -0.390 e. The first-order valence-corrected chi connectivity index (χ1v) is 5.72. The fourth-order valence-corrected chi connectivity index (χ4v) is 1.73. The second-order valence-electron chi connectivity index (χ2n) is 3.83. The fourth-order valence-electron chi connectivity index (χ4n) is 1.54. The van der Waals surface area contributed by atoms with Crippen LogP contribution in [0.4, 0.5) is 5.95 Å². The molecule has 0 radical (unpaired) electrons. The van der Waals surface area contributed by atoms with Gasteiger partial charge in [0.05, 0.1) is 0 Å². The number of carbonyl (C=O) groups excluding carboxylic acids is 1. The van der Waals surface area contributed by atoms with Gasteiger partial charge in [-0.05, 0) is 24.0 Å². The summed E-state index contributed by atoms with van der Waals surface area (Å²) in [6.45, 7) is 1.58. The smallest absolute Gasteiger partial charge is 0.390 e. The number of aromatic nitrogens is 3. The highest BCUT2D eigenvalue weighted by Gasteiger charge is 2.23. The molecule has 19 heavy (non-hydrogen) atoms. The van der Waals surface area contributed by atoms with E-state index in [4.69, 9.17) is 11.6 Å². The third kappa shape index (κ3) is 2.76. The van der Waals surface area contributed by atoms with Crippen LogP contribution in [0.15, 0.2) is 30.6 Å². The highest BCUT2D eigenvalue weighted by atomic mass is 35.5. The van der Waals surface area contributed by atoms with E-state index in [1.165, 1.54) is 6.07 Å². The summed E-state index contributed by atoms with van der Waals surface area (Å²) in [5.74, 6) is -0.784. The number of ketones is 1. The molecule has 1 atom stereocenters. The maximum absolute atomic E-state index is 12.2. The quantitative estimate of drug-likeness (QED) is 0.487. The van der Waals surface area contributed by atoms with Crippen LogP contribution in [-0.2, 0) is 0 Å². The molecule has 0 N–H and O–H groups in total. The molecular formula is C11H9ClN4O3. The third-order valence-corrected chi connectivity index (χ3v) is 2.78. The van der Waals surface area contributed by atoms with Crippen LogP contribution >= 0.6 is 11.6 Å². The van der Waals surface area contributed by atoms with E-state index in [2.05, 4.69) is 10.1 Å². The van der Waals surface area contributed by atoms with Gasteiger partial charge in [0.1, 0.15) is 6.04 Å². The number of rotatable bonds is 4. The summed E-state index contributed by atoms with van der Waals surface area (Å²) >= 11 is 5.81. The molecule has 0 aliphatic carbocycles. The van der Waals surface area contributed by atoms with Crippen molar-refractivity contribution in [1.29, 1.82) is 0 Å². The van der Waals surface area contributed by atoms with Gasteiger partial charge in [0.15, 0.2) is 5.78 Å². The zero-order chi connectivity index (χ0) is 14.0. The van der Waals surface area contributed by atoms with Crippen molar-refractivity contribution < 1.29 is 9.72 Å². The van der Waals surface area contributed by atoms with Crippen LogP contribution in [-0.4, -0.2) is 25.5 Å². The van der Waals surface area contributed by atoms with Crippen LogP contribution in [0.3, 0.4) is 0 Å². The van der Waals surface area contributed by atoms with E-state index in [0.717, 1.165) is 11.0 Å². The first-order valence-electron chi connectivity index (χ1n) is 5.34. The second kappa shape index (κ2) is 5.15. The van der Waals surface area contributed by atoms with Crippen molar-refractivity contribution in [2.24, 2.45) is 0 Å². The molecule has 2 rings (SSSR count). The molecular weight excluding hydrogens is 272 g/mol. The van der Waals surface area contributed by atoms with Crippen molar-refractivity contribution in [2.45, 2.75) is 13.0 Å². The summed E-state index contributed by atoms with van der Waals surface area (Å²) in [7, 11) is 0. The second-order valence-corrected chi connectivity index (χ2v) is 4.27. The van der Waals surface area contributed by atoms with Gasteiger partial charge in [-0.25, -0.2) is 0 Å². The largest absolute Gasteiger partial charge is 0.490 e. The molecule has 0 fully saturated rings. The lowest BCUT2D eigenvalue weighted by Crippen LogP contribution is -2.17. The van der Waals surface area contributed by atoms with E-state index in [9.17, 15) is 14.9 Å². The molecule has 8 heteroatoms. The molecule has 7 nitrogen and oxygen atoms in total. The predicted octanol–water partition coefficient (Wildman–Crippen LogP) is 2.28.